The van der Waals surface area contributed by atoms with E-state index < -0.39 is 0 Å². The molecule has 0 aliphatic rings. The molecule has 0 spiro atoms. The molecule has 6 heteroatoms. The number of fused-ring (bicyclic) bond motifs is 1. The first-order valence-corrected chi connectivity index (χ1v) is 17.5. The number of esters is 1. The molecule has 0 saturated carbocycles. The fraction of sp³-hybridized carbons (Fsp3) is 0.349. The minimum atomic E-state index is -0.209. The summed E-state index contributed by atoms with van der Waals surface area (Å²) < 4.78 is 20.0. The number of hydrogen-bond donors (Lipinski definition) is 0. The molecule has 0 atom stereocenters. The highest BCUT2D eigenvalue weighted by Crippen LogP contribution is 2.35. The smallest absolute Gasteiger partial charge is 0.305 e. The Morgan fingerprint density at radius 1 is 0.694 bits per heavy atom. The predicted octanol–water partition coefficient (Wildman–Crippen LogP) is 9.61. The normalized spacial score (nSPS) is 11.3. The molecule has 2 heterocycles. The number of carbonyl (C=O) groups excluding carboxylic acids is 2. The van der Waals surface area contributed by atoms with Crippen LogP contribution < -0.4 is 9.47 Å². The van der Waals surface area contributed by atoms with Crippen LogP contribution in [0.15, 0.2) is 97.2 Å². The Bertz CT molecular complexity index is 1830. The Balaban J connectivity index is 1.43. The lowest BCUT2D eigenvalue weighted by Gasteiger charge is -2.17. The largest absolute Gasteiger partial charge is 0.485 e. The van der Waals surface area contributed by atoms with Crippen LogP contribution in [0.3, 0.4) is 0 Å². The summed E-state index contributed by atoms with van der Waals surface area (Å²) in [7, 11) is 0. The van der Waals surface area contributed by atoms with Gasteiger partial charge in [-0.3, -0.25) is 9.59 Å². The standard InChI is InChI=1S/C43H49NO5/c1-6-47-41(45)15-9-11-36-27-38(39-13-7-8-24-44(36)39)42(46)37-12-10-14-40(48-28-34-20-16-32(17-21-34)25-30(2)3)43(37)49-29-35-22-18-33(19-23-35)26-31(4)5/h7-8,10,12-14,16-24,27,30-31H,6,9,11,15,25-26,28-29H2,1-5H3. The second kappa shape index (κ2) is 17.0. The number of aryl methyl sites for hydroxylation is 1. The Morgan fingerprint density at radius 2 is 1.31 bits per heavy atom. The molecule has 0 amide bonds. The molecule has 6 nitrogen and oxygen atoms in total. The van der Waals surface area contributed by atoms with Gasteiger partial charge in [0, 0.05) is 23.9 Å². The molecule has 49 heavy (non-hydrogen) atoms. The van der Waals surface area contributed by atoms with Crippen molar-refractivity contribution in [3.05, 3.63) is 136 Å². The third-order valence-corrected chi connectivity index (χ3v) is 8.45. The molecule has 0 saturated heterocycles. The van der Waals surface area contributed by atoms with E-state index in [2.05, 4.69) is 76.2 Å². The lowest BCUT2D eigenvalue weighted by atomic mass is 10.0. The van der Waals surface area contributed by atoms with Crippen molar-refractivity contribution in [2.75, 3.05) is 6.61 Å². The fourth-order valence-electron chi connectivity index (χ4n) is 6.15. The molecule has 5 aromatic rings. The van der Waals surface area contributed by atoms with Gasteiger partial charge in [-0.05, 0) is 97.0 Å². The first-order chi connectivity index (χ1) is 23.7. The number of benzene rings is 3. The van der Waals surface area contributed by atoms with Gasteiger partial charge in [-0.2, -0.15) is 0 Å². The third-order valence-electron chi connectivity index (χ3n) is 8.45. The minimum absolute atomic E-state index is 0.147. The van der Waals surface area contributed by atoms with E-state index in [0.29, 0.717) is 73.5 Å². The SMILES string of the molecule is CCOC(=O)CCCc1cc(C(=O)c2cccc(OCc3ccc(CC(C)C)cc3)c2OCc2ccc(CC(C)C)cc2)c2ccccn12. The first-order valence-electron chi connectivity index (χ1n) is 17.5. The zero-order valence-electron chi connectivity index (χ0n) is 29.5. The maximum absolute atomic E-state index is 14.4. The van der Waals surface area contributed by atoms with E-state index in [1.807, 2.05) is 60.0 Å². The van der Waals surface area contributed by atoms with Gasteiger partial charge < -0.3 is 18.6 Å². The van der Waals surface area contributed by atoms with E-state index in [-0.39, 0.29) is 11.8 Å². The Labute approximate surface area is 291 Å². The number of rotatable bonds is 17. The van der Waals surface area contributed by atoms with Crippen molar-refractivity contribution < 1.29 is 23.8 Å². The first kappa shape index (κ1) is 35.5. The molecule has 0 N–H and O–H groups in total. The van der Waals surface area contributed by atoms with E-state index in [9.17, 15) is 9.59 Å². The maximum Gasteiger partial charge on any atom is 0.305 e. The van der Waals surface area contributed by atoms with E-state index in [0.717, 1.165) is 35.2 Å². The Hall–Kier alpha value is -4.84. The molecular formula is C43H49NO5. The second-order valence-electron chi connectivity index (χ2n) is 13.5. The number of aromatic nitrogens is 1. The third kappa shape index (κ3) is 9.62. The van der Waals surface area contributed by atoms with Crippen LogP contribution in [0.4, 0.5) is 0 Å². The summed E-state index contributed by atoms with van der Waals surface area (Å²) in [6, 6.07) is 30.3. The monoisotopic (exact) mass is 659 g/mol. The van der Waals surface area contributed by atoms with Gasteiger partial charge in [-0.1, -0.05) is 88.4 Å². The van der Waals surface area contributed by atoms with Crippen molar-refractivity contribution in [2.45, 2.75) is 79.9 Å². The molecular weight excluding hydrogens is 610 g/mol. The summed E-state index contributed by atoms with van der Waals surface area (Å²) in [5.41, 5.74) is 7.43. The summed E-state index contributed by atoms with van der Waals surface area (Å²) >= 11 is 0. The quantitative estimate of drug-likeness (QED) is 0.0735. The van der Waals surface area contributed by atoms with E-state index in [4.69, 9.17) is 14.2 Å². The van der Waals surface area contributed by atoms with Crippen LogP contribution in [0.5, 0.6) is 11.5 Å². The summed E-state index contributed by atoms with van der Waals surface area (Å²) in [5, 5.41) is 0. The Kier molecular flexibility index (Phi) is 12.3. The molecule has 5 rings (SSSR count). The number of hydrogen-bond acceptors (Lipinski definition) is 5. The molecule has 0 aliphatic heterocycles. The molecule has 0 radical (unpaired) electrons. The summed E-state index contributed by atoms with van der Waals surface area (Å²) in [4.78, 5) is 26.4. The van der Waals surface area contributed by atoms with Crippen molar-refractivity contribution in [1.82, 2.24) is 4.40 Å². The van der Waals surface area contributed by atoms with Gasteiger partial charge >= 0.3 is 5.97 Å². The Morgan fingerprint density at radius 3 is 1.92 bits per heavy atom. The van der Waals surface area contributed by atoms with Gasteiger partial charge in [0.15, 0.2) is 17.3 Å². The number of carbonyl (C=O) groups is 2. The van der Waals surface area contributed by atoms with Crippen LogP contribution in [0, 0.1) is 11.8 Å². The van der Waals surface area contributed by atoms with E-state index in [1.165, 1.54) is 11.1 Å². The highest BCUT2D eigenvalue weighted by atomic mass is 16.5. The summed E-state index contributed by atoms with van der Waals surface area (Å²) in [5.74, 6) is 1.76. The van der Waals surface area contributed by atoms with E-state index in [1.54, 1.807) is 0 Å². The van der Waals surface area contributed by atoms with Crippen LogP contribution in [0.2, 0.25) is 0 Å². The van der Waals surface area contributed by atoms with Crippen LogP contribution in [0.25, 0.3) is 5.52 Å². The van der Waals surface area contributed by atoms with Gasteiger partial charge in [0.1, 0.15) is 13.2 Å². The lowest BCUT2D eigenvalue weighted by molar-refractivity contribution is -0.143. The molecule has 256 valence electrons. The molecule has 0 bridgehead atoms. The molecule has 0 fully saturated rings. The van der Waals surface area contributed by atoms with Crippen LogP contribution in [-0.4, -0.2) is 22.8 Å². The van der Waals surface area contributed by atoms with Crippen molar-refractivity contribution in [2.24, 2.45) is 11.8 Å². The van der Waals surface area contributed by atoms with Crippen LogP contribution in [-0.2, 0) is 42.0 Å². The van der Waals surface area contributed by atoms with Gasteiger partial charge in [-0.25, -0.2) is 0 Å². The average molecular weight is 660 g/mol. The van der Waals surface area contributed by atoms with Gasteiger partial charge in [0.05, 0.1) is 17.7 Å². The van der Waals surface area contributed by atoms with Crippen molar-refractivity contribution in [3.63, 3.8) is 0 Å². The molecule has 2 aromatic heterocycles. The maximum atomic E-state index is 14.4. The summed E-state index contributed by atoms with van der Waals surface area (Å²) in [6.07, 6.45) is 5.59. The number of ketones is 1. The second-order valence-corrected chi connectivity index (χ2v) is 13.5. The molecule has 0 aliphatic carbocycles. The number of nitrogens with zero attached hydrogens (tertiary/aromatic N) is 1. The average Bonchev–Trinajstić information content (AvgIpc) is 3.45. The number of ether oxygens (including phenoxy) is 3. The lowest BCUT2D eigenvalue weighted by Crippen LogP contribution is -2.08. The minimum Gasteiger partial charge on any atom is -0.485 e. The highest BCUT2D eigenvalue weighted by Gasteiger charge is 2.23. The zero-order chi connectivity index (χ0) is 34.8. The molecule has 3 aromatic carbocycles. The van der Waals surface area contributed by atoms with Crippen molar-refractivity contribution >= 4 is 17.3 Å². The van der Waals surface area contributed by atoms with Crippen LogP contribution in [0.1, 0.15) is 91.3 Å². The molecule has 0 unspecified atom stereocenters. The topological polar surface area (TPSA) is 66.2 Å². The fourth-order valence-corrected chi connectivity index (χ4v) is 6.15. The van der Waals surface area contributed by atoms with Gasteiger partial charge in [0.25, 0.3) is 0 Å². The van der Waals surface area contributed by atoms with E-state index >= 15 is 0 Å². The van der Waals surface area contributed by atoms with Gasteiger partial charge in [-0.15, -0.1) is 0 Å². The van der Waals surface area contributed by atoms with Crippen molar-refractivity contribution in [3.8, 4) is 11.5 Å². The number of pyridine rings is 1. The zero-order valence-corrected chi connectivity index (χ0v) is 29.5. The number of para-hydroxylation sites is 1. The van der Waals surface area contributed by atoms with Crippen LogP contribution >= 0.6 is 0 Å². The summed E-state index contributed by atoms with van der Waals surface area (Å²) in [6.45, 7) is 11.7. The van der Waals surface area contributed by atoms with Crippen molar-refractivity contribution in [1.29, 1.82) is 0 Å². The van der Waals surface area contributed by atoms with Gasteiger partial charge in [0.2, 0.25) is 0 Å². The predicted molar refractivity (Wildman–Crippen MR) is 195 cm³/mol. The highest BCUT2D eigenvalue weighted by molar-refractivity contribution is 6.15.